The van der Waals surface area contributed by atoms with Crippen LogP contribution < -0.4 is 0 Å². The van der Waals surface area contributed by atoms with Crippen LogP contribution in [0.2, 0.25) is 5.02 Å². The first kappa shape index (κ1) is 10.9. The van der Waals surface area contributed by atoms with Gasteiger partial charge in [-0.05, 0) is 23.8 Å². The zero-order chi connectivity index (χ0) is 11.5. The number of rotatable bonds is 3. The number of carbonyl (C=O) groups excluding carboxylic acids is 1. The maximum atomic E-state index is 13.1. The van der Waals surface area contributed by atoms with Crippen LogP contribution >= 0.6 is 11.6 Å². The zero-order valence-electron chi connectivity index (χ0n) is 8.24. The van der Waals surface area contributed by atoms with E-state index in [2.05, 4.69) is 0 Å². The van der Waals surface area contributed by atoms with Crippen LogP contribution in [0.15, 0.2) is 41.0 Å². The fourth-order valence-electron chi connectivity index (χ4n) is 1.38. The molecule has 1 heterocycles. The molecular formula is C12H8ClFO2. The number of hydrogen-bond donors (Lipinski definition) is 0. The molecule has 16 heavy (non-hydrogen) atoms. The average Bonchev–Trinajstić information content (AvgIpc) is 2.78. The third kappa shape index (κ3) is 2.14. The highest BCUT2D eigenvalue weighted by Gasteiger charge is 2.13. The van der Waals surface area contributed by atoms with Crippen LogP contribution in [0.3, 0.4) is 0 Å². The molecule has 0 bridgehead atoms. The van der Waals surface area contributed by atoms with Crippen LogP contribution in [0.25, 0.3) is 0 Å². The molecule has 0 saturated heterocycles. The van der Waals surface area contributed by atoms with Gasteiger partial charge in [-0.3, -0.25) is 4.79 Å². The first-order chi connectivity index (χ1) is 7.68. The second kappa shape index (κ2) is 4.49. The highest BCUT2D eigenvalue weighted by molar-refractivity contribution is 6.31. The van der Waals surface area contributed by atoms with Gasteiger partial charge >= 0.3 is 0 Å². The third-order valence-electron chi connectivity index (χ3n) is 2.18. The third-order valence-corrected chi connectivity index (χ3v) is 2.60. The van der Waals surface area contributed by atoms with Crippen LogP contribution in [0, 0.1) is 5.82 Å². The Morgan fingerprint density at radius 1 is 1.31 bits per heavy atom. The molecule has 0 saturated carbocycles. The zero-order valence-corrected chi connectivity index (χ0v) is 9.00. The molecule has 0 fully saturated rings. The number of ketones is 1. The van der Waals surface area contributed by atoms with E-state index in [-0.39, 0.29) is 23.0 Å². The summed E-state index contributed by atoms with van der Waals surface area (Å²) in [6.07, 6.45) is 1.45. The maximum absolute atomic E-state index is 13.1. The smallest absolute Gasteiger partial charge is 0.202 e. The lowest BCUT2D eigenvalue weighted by molar-refractivity contribution is 0.0966. The molecular weight excluding hydrogens is 231 g/mol. The Morgan fingerprint density at radius 3 is 2.81 bits per heavy atom. The van der Waals surface area contributed by atoms with E-state index >= 15 is 0 Å². The summed E-state index contributed by atoms with van der Waals surface area (Å²) in [5.41, 5.74) is 0.461. The summed E-state index contributed by atoms with van der Waals surface area (Å²) in [6.45, 7) is 0. The molecule has 2 rings (SSSR count). The first-order valence-corrected chi connectivity index (χ1v) is 5.06. The molecule has 82 valence electrons. The van der Waals surface area contributed by atoms with Crippen LogP contribution in [-0.4, -0.2) is 5.78 Å². The van der Waals surface area contributed by atoms with Crippen LogP contribution in [0.5, 0.6) is 0 Å². The number of Topliss-reactive ketones (excluding diaryl/α,β-unsaturated/α-hetero) is 1. The van der Waals surface area contributed by atoms with Crippen LogP contribution in [0.1, 0.15) is 16.1 Å². The Morgan fingerprint density at radius 2 is 2.12 bits per heavy atom. The second-order valence-electron chi connectivity index (χ2n) is 3.29. The summed E-state index contributed by atoms with van der Waals surface area (Å²) in [7, 11) is 0. The number of carbonyl (C=O) groups is 1. The Kier molecular flexibility index (Phi) is 3.06. The molecule has 0 atom stereocenters. The average molecular weight is 239 g/mol. The summed E-state index contributed by atoms with van der Waals surface area (Å²) >= 11 is 5.74. The van der Waals surface area contributed by atoms with Crippen molar-refractivity contribution in [2.75, 3.05) is 0 Å². The van der Waals surface area contributed by atoms with E-state index in [0.717, 1.165) is 0 Å². The van der Waals surface area contributed by atoms with E-state index in [9.17, 15) is 9.18 Å². The quantitative estimate of drug-likeness (QED) is 0.766. The number of halogens is 2. The van der Waals surface area contributed by atoms with E-state index in [0.29, 0.717) is 5.56 Å². The summed E-state index contributed by atoms with van der Waals surface area (Å²) in [5.74, 6) is -0.496. The predicted octanol–water partition coefficient (Wildman–Crippen LogP) is 3.50. The van der Waals surface area contributed by atoms with Crippen molar-refractivity contribution in [1.29, 1.82) is 0 Å². The van der Waals surface area contributed by atoms with Gasteiger partial charge in [-0.15, -0.1) is 0 Å². The second-order valence-corrected chi connectivity index (χ2v) is 3.67. The van der Waals surface area contributed by atoms with E-state index in [1.54, 1.807) is 18.2 Å². The van der Waals surface area contributed by atoms with Gasteiger partial charge in [-0.25, -0.2) is 4.39 Å². The molecule has 0 aliphatic carbocycles. The van der Waals surface area contributed by atoms with Crippen LogP contribution in [-0.2, 0) is 6.42 Å². The summed E-state index contributed by atoms with van der Waals surface area (Å²) in [4.78, 5) is 11.7. The summed E-state index contributed by atoms with van der Waals surface area (Å²) in [6, 6.07) is 7.58. The molecule has 2 nitrogen and oxygen atoms in total. The molecule has 2 aromatic rings. The Labute approximate surface area is 96.6 Å². The molecule has 0 N–H and O–H groups in total. The lowest BCUT2D eigenvalue weighted by atomic mass is 10.1. The molecule has 0 aliphatic heterocycles. The Balaban J connectivity index is 2.22. The minimum Gasteiger partial charge on any atom is -0.461 e. The summed E-state index contributed by atoms with van der Waals surface area (Å²) in [5, 5.41) is -0.0117. The van der Waals surface area contributed by atoms with Gasteiger partial charge in [0, 0.05) is 6.42 Å². The molecule has 0 spiro atoms. The van der Waals surface area contributed by atoms with Gasteiger partial charge in [-0.1, -0.05) is 23.7 Å². The molecule has 0 radical (unpaired) electrons. The fraction of sp³-hybridized carbons (Fsp3) is 0.0833. The van der Waals surface area contributed by atoms with Crippen molar-refractivity contribution in [1.82, 2.24) is 0 Å². The standard InChI is InChI=1S/C12H8ClFO2/c13-12-8(3-1-4-9(12)14)7-10(15)11-5-2-6-16-11/h1-6H,7H2. The topological polar surface area (TPSA) is 30.2 Å². The molecule has 1 aromatic heterocycles. The predicted molar refractivity (Wildman–Crippen MR) is 58.2 cm³/mol. The number of hydrogen-bond acceptors (Lipinski definition) is 2. The van der Waals surface area contributed by atoms with Crippen molar-refractivity contribution >= 4 is 17.4 Å². The number of benzene rings is 1. The van der Waals surface area contributed by atoms with Crippen molar-refractivity contribution < 1.29 is 13.6 Å². The molecule has 0 aliphatic rings. The molecule has 4 heteroatoms. The van der Waals surface area contributed by atoms with E-state index < -0.39 is 5.82 Å². The van der Waals surface area contributed by atoms with E-state index in [1.165, 1.54) is 18.4 Å². The Hall–Kier alpha value is -1.61. The molecule has 0 amide bonds. The minimum absolute atomic E-state index is 0.0117. The van der Waals surface area contributed by atoms with Crippen molar-refractivity contribution in [3.63, 3.8) is 0 Å². The highest BCUT2D eigenvalue weighted by Crippen LogP contribution is 2.21. The first-order valence-electron chi connectivity index (χ1n) is 4.68. The van der Waals surface area contributed by atoms with Crippen LogP contribution in [0.4, 0.5) is 4.39 Å². The van der Waals surface area contributed by atoms with E-state index in [4.69, 9.17) is 16.0 Å². The largest absolute Gasteiger partial charge is 0.461 e. The fourth-order valence-corrected chi connectivity index (χ4v) is 1.58. The van der Waals surface area contributed by atoms with Crippen molar-refractivity contribution in [3.8, 4) is 0 Å². The van der Waals surface area contributed by atoms with Crippen molar-refractivity contribution in [3.05, 3.63) is 58.8 Å². The highest BCUT2D eigenvalue weighted by atomic mass is 35.5. The summed E-state index contributed by atoms with van der Waals surface area (Å²) < 4.78 is 18.1. The monoisotopic (exact) mass is 238 g/mol. The van der Waals surface area contributed by atoms with E-state index in [1.807, 2.05) is 0 Å². The van der Waals surface area contributed by atoms with Gasteiger partial charge in [0.15, 0.2) is 5.76 Å². The normalized spacial score (nSPS) is 10.4. The molecule has 0 unspecified atom stereocenters. The van der Waals surface area contributed by atoms with Crippen molar-refractivity contribution in [2.45, 2.75) is 6.42 Å². The van der Waals surface area contributed by atoms with Gasteiger partial charge in [0.05, 0.1) is 11.3 Å². The Bertz CT molecular complexity index is 506. The van der Waals surface area contributed by atoms with Gasteiger partial charge in [0.25, 0.3) is 0 Å². The van der Waals surface area contributed by atoms with Gasteiger partial charge in [-0.2, -0.15) is 0 Å². The lowest BCUT2D eigenvalue weighted by Crippen LogP contribution is -2.03. The lowest BCUT2D eigenvalue weighted by Gasteiger charge is -2.02. The van der Waals surface area contributed by atoms with Gasteiger partial charge < -0.3 is 4.42 Å². The maximum Gasteiger partial charge on any atom is 0.202 e. The van der Waals surface area contributed by atoms with Gasteiger partial charge in [0.1, 0.15) is 5.82 Å². The molecule has 1 aromatic carbocycles. The van der Waals surface area contributed by atoms with Crippen molar-refractivity contribution in [2.24, 2.45) is 0 Å². The minimum atomic E-state index is -0.522. The number of furan rings is 1. The SMILES string of the molecule is O=C(Cc1cccc(F)c1Cl)c1ccco1. The van der Waals surface area contributed by atoms with Gasteiger partial charge in [0.2, 0.25) is 5.78 Å².